The molecule has 1 fully saturated rings. The molecular formula is C20H23N3O. The molecule has 0 radical (unpaired) electrons. The number of hydrogen-bond acceptors (Lipinski definition) is 3. The summed E-state index contributed by atoms with van der Waals surface area (Å²) in [4.78, 5) is 21.4. The van der Waals surface area contributed by atoms with E-state index in [1.165, 1.54) is 43.7 Å². The molecule has 2 aromatic rings. The van der Waals surface area contributed by atoms with Crippen molar-refractivity contribution in [2.75, 3.05) is 5.32 Å². The normalized spacial score (nSPS) is 16.5. The van der Waals surface area contributed by atoms with E-state index in [0.29, 0.717) is 11.7 Å². The first-order chi connectivity index (χ1) is 11.7. The van der Waals surface area contributed by atoms with Gasteiger partial charge in [-0.3, -0.25) is 4.79 Å². The van der Waals surface area contributed by atoms with Crippen LogP contribution >= 0.6 is 0 Å². The summed E-state index contributed by atoms with van der Waals surface area (Å²) in [5.41, 5.74) is 5.52. The van der Waals surface area contributed by atoms with Crippen LogP contribution in [0.1, 0.15) is 49.6 Å². The topological polar surface area (TPSA) is 54.9 Å². The molecule has 1 aromatic heterocycles. The van der Waals surface area contributed by atoms with E-state index in [1.807, 2.05) is 0 Å². The minimum atomic E-state index is -0.0758. The summed E-state index contributed by atoms with van der Waals surface area (Å²) in [5, 5.41) is 2.91. The number of carbonyl (C=O) groups is 1. The molecule has 24 heavy (non-hydrogen) atoms. The summed E-state index contributed by atoms with van der Waals surface area (Å²) in [6, 6.07) is 8.47. The highest BCUT2D eigenvalue weighted by Crippen LogP contribution is 2.34. The number of hydrogen-bond donors (Lipinski definition) is 1. The van der Waals surface area contributed by atoms with Crippen molar-refractivity contribution in [1.82, 2.24) is 9.97 Å². The Morgan fingerprint density at radius 2 is 1.96 bits per heavy atom. The molecule has 4 nitrogen and oxygen atoms in total. The number of nitrogens with zero attached hydrogens (tertiary/aromatic N) is 2. The maximum Gasteiger partial charge on any atom is 0.222 e. The molecule has 1 heterocycles. The Balaban J connectivity index is 1.77. The van der Waals surface area contributed by atoms with E-state index in [-0.39, 0.29) is 5.91 Å². The van der Waals surface area contributed by atoms with Gasteiger partial charge in [-0.25, -0.2) is 9.97 Å². The van der Waals surface area contributed by atoms with Gasteiger partial charge in [0.05, 0.1) is 17.1 Å². The number of aryl methyl sites for hydroxylation is 2. The maximum absolute atomic E-state index is 11.6. The molecule has 124 valence electrons. The molecule has 0 saturated heterocycles. The van der Waals surface area contributed by atoms with E-state index >= 15 is 0 Å². The molecule has 1 saturated carbocycles. The molecule has 0 aliphatic heterocycles. The van der Waals surface area contributed by atoms with Gasteiger partial charge in [0.2, 0.25) is 5.91 Å². The molecule has 1 aromatic carbocycles. The lowest BCUT2D eigenvalue weighted by molar-refractivity contribution is -0.114. The Morgan fingerprint density at radius 3 is 2.75 bits per heavy atom. The lowest BCUT2D eigenvalue weighted by atomic mass is 9.91. The molecule has 0 spiro atoms. The highest BCUT2D eigenvalue weighted by molar-refractivity contribution is 5.88. The molecule has 2 aliphatic carbocycles. The summed E-state index contributed by atoms with van der Waals surface area (Å²) < 4.78 is 0. The van der Waals surface area contributed by atoms with Crippen molar-refractivity contribution in [1.29, 1.82) is 0 Å². The van der Waals surface area contributed by atoms with Crippen LogP contribution in [0.25, 0.3) is 11.3 Å². The van der Waals surface area contributed by atoms with Gasteiger partial charge in [-0.1, -0.05) is 49.9 Å². The Bertz CT molecular complexity index is 778. The largest absolute Gasteiger partial charge is 0.309 e. The van der Waals surface area contributed by atoms with E-state index in [9.17, 15) is 4.79 Å². The molecule has 1 amide bonds. The zero-order chi connectivity index (χ0) is 16.5. The molecule has 0 bridgehead atoms. The second kappa shape index (κ2) is 6.34. The van der Waals surface area contributed by atoms with Crippen LogP contribution in [0.3, 0.4) is 0 Å². The Hall–Kier alpha value is -2.23. The minimum Gasteiger partial charge on any atom is -0.309 e. The fraction of sp³-hybridized carbons (Fsp3) is 0.450. The number of nitrogens with one attached hydrogen (secondary N) is 1. The van der Waals surface area contributed by atoms with Crippen LogP contribution in [0.5, 0.6) is 0 Å². The van der Waals surface area contributed by atoms with Crippen molar-refractivity contribution in [3.8, 4) is 11.3 Å². The van der Waals surface area contributed by atoms with Crippen LogP contribution in [-0.4, -0.2) is 15.9 Å². The van der Waals surface area contributed by atoms with E-state index in [0.717, 1.165) is 36.3 Å². The third-order valence-electron chi connectivity index (χ3n) is 5.20. The van der Waals surface area contributed by atoms with Crippen LogP contribution in [0.4, 0.5) is 5.82 Å². The molecule has 0 atom stereocenters. The van der Waals surface area contributed by atoms with Crippen LogP contribution in [0.15, 0.2) is 24.3 Å². The highest BCUT2D eigenvalue weighted by Gasteiger charge is 2.24. The summed E-state index contributed by atoms with van der Waals surface area (Å²) in [6.07, 6.45) is 7.92. The lowest BCUT2D eigenvalue weighted by Crippen LogP contribution is -2.17. The molecule has 4 heteroatoms. The summed E-state index contributed by atoms with van der Waals surface area (Å²) >= 11 is 0. The predicted octanol–water partition coefficient (Wildman–Crippen LogP) is 3.93. The number of aromatic nitrogens is 2. The van der Waals surface area contributed by atoms with Gasteiger partial charge < -0.3 is 5.32 Å². The zero-order valence-corrected chi connectivity index (χ0v) is 14.1. The van der Waals surface area contributed by atoms with Crippen molar-refractivity contribution in [3.63, 3.8) is 0 Å². The third kappa shape index (κ3) is 2.93. The van der Waals surface area contributed by atoms with Gasteiger partial charge in [-0.15, -0.1) is 0 Å². The molecule has 0 unspecified atom stereocenters. The second-order valence-electron chi connectivity index (χ2n) is 7.01. The van der Waals surface area contributed by atoms with E-state index in [1.54, 1.807) is 0 Å². The average molecular weight is 321 g/mol. The van der Waals surface area contributed by atoms with Crippen LogP contribution in [-0.2, 0) is 24.1 Å². The van der Waals surface area contributed by atoms with Crippen molar-refractivity contribution in [2.24, 2.45) is 5.92 Å². The number of amides is 1. The lowest BCUT2D eigenvalue weighted by Gasteiger charge is -2.21. The highest BCUT2D eigenvalue weighted by atomic mass is 16.1. The van der Waals surface area contributed by atoms with Gasteiger partial charge in [0.1, 0.15) is 0 Å². The van der Waals surface area contributed by atoms with Gasteiger partial charge in [0.15, 0.2) is 5.82 Å². The van der Waals surface area contributed by atoms with E-state index in [4.69, 9.17) is 9.97 Å². The predicted molar refractivity (Wildman–Crippen MR) is 94.8 cm³/mol. The first-order valence-electron chi connectivity index (χ1n) is 8.96. The summed E-state index contributed by atoms with van der Waals surface area (Å²) in [6.45, 7) is 1.54. The van der Waals surface area contributed by atoms with Crippen LogP contribution in [0, 0.1) is 5.92 Å². The summed E-state index contributed by atoms with van der Waals surface area (Å²) in [5.74, 6) is 1.27. The van der Waals surface area contributed by atoms with E-state index < -0.39 is 0 Å². The Labute approximate surface area is 142 Å². The van der Waals surface area contributed by atoms with Crippen molar-refractivity contribution >= 4 is 11.7 Å². The fourth-order valence-electron chi connectivity index (χ4n) is 4.01. The standard InChI is InChI=1S/C20H23N3O/c1-13(24)21-20-18(12-14-6-2-3-7-14)22-19-16-9-5-4-8-15(16)10-11-17(19)23-20/h4-5,8-9,14H,2-3,6-7,10-12H2,1H3,(H,21,23,24). The zero-order valence-electron chi connectivity index (χ0n) is 14.1. The van der Waals surface area contributed by atoms with Gasteiger partial charge in [-0.2, -0.15) is 0 Å². The first kappa shape index (κ1) is 15.3. The first-order valence-corrected chi connectivity index (χ1v) is 8.96. The van der Waals surface area contributed by atoms with Gasteiger partial charge in [0, 0.05) is 12.5 Å². The second-order valence-corrected chi connectivity index (χ2v) is 7.01. The number of carbonyl (C=O) groups excluding carboxylic acids is 1. The molecule has 2 aliphatic rings. The number of rotatable bonds is 3. The van der Waals surface area contributed by atoms with Gasteiger partial charge in [0.25, 0.3) is 0 Å². The smallest absolute Gasteiger partial charge is 0.222 e. The SMILES string of the molecule is CC(=O)Nc1nc2c(nc1CC1CCCC1)-c1ccccc1CC2. The third-order valence-corrected chi connectivity index (χ3v) is 5.20. The quantitative estimate of drug-likeness (QED) is 0.932. The van der Waals surface area contributed by atoms with Gasteiger partial charge in [-0.05, 0) is 30.7 Å². The average Bonchev–Trinajstić information content (AvgIpc) is 3.08. The van der Waals surface area contributed by atoms with E-state index in [2.05, 4.69) is 29.6 Å². The van der Waals surface area contributed by atoms with Crippen molar-refractivity contribution in [3.05, 3.63) is 41.2 Å². The van der Waals surface area contributed by atoms with Crippen molar-refractivity contribution < 1.29 is 4.79 Å². The van der Waals surface area contributed by atoms with Gasteiger partial charge >= 0.3 is 0 Å². The fourth-order valence-corrected chi connectivity index (χ4v) is 4.01. The van der Waals surface area contributed by atoms with Crippen LogP contribution < -0.4 is 5.32 Å². The van der Waals surface area contributed by atoms with Crippen LogP contribution in [0.2, 0.25) is 0 Å². The monoisotopic (exact) mass is 321 g/mol. The minimum absolute atomic E-state index is 0.0758. The molecule has 4 rings (SSSR count). The maximum atomic E-state index is 11.6. The van der Waals surface area contributed by atoms with Crippen molar-refractivity contribution in [2.45, 2.75) is 51.9 Å². The number of benzene rings is 1. The Morgan fingerprint density at radius 1 is 1.17 bits per heavy atom. The Kier molecular flexibility index (Phi) is 4.05. The molecular weight excluding hydrogens is 298 g/mol. The molecule has 1 N–H and O–H groups in total. The number of anilines is 1. The number of fused-ring (bicyclic) bond motifs is 3. The summed E-state index contributed by atoms with van der Waals surface area (Å²) in [7, 11) is 0.